The topological polar surface area (TPSA) is 93.0 Å². The summed E-state index contributed by atoms with van der Waals surface area (Å²) in [6, 6.07) is 1.88. The van der Waals surface area contributed by atoms with Crippen LogP contribution in [0.5, 0.6) is 0 Å². The van der Waals surface area contributed by atoms with Gasteiger partial charge in [-0.1, -0.05) is 11.6 Å². The summed E-state index contributed by atoms with van der Waals surface area (Å²) in [6.07, 6.45) is 2.98. The predicted octanol–water partition coefficient (Wildman–Crippen LogP) is 4.97. The van der Waals surface area contributed by atoms with Crippen molar-refractivity contribution in [3.63, 3.8) is 0 Å². The number of piperidine rings is 1. The van der Waals surface area contributed by atoms with Crippen LogP contribution in [-0.4, -0.2) is 68.4 Å². The number of halogens is 5. The molecule has 4 heterocycles. The molecule has 196 valence electrons. The Labute approximate surface area is 222 Å². The number of benzene rings is 1. The third-order valence-corrected chi connectivity index (χ3v) is 8.90. The second-order valence-electron chi connectivity index (χ2n) is 9.37. The highest BCUT2D eigenvalue weighted by molar-refractivity contribution is 8.23. The van der Waals surface area contributed by atoms with Gasteiger partial charge in [-0.15, -0.1) is 24.8 Å². The third kappa shape index (κ3) is 5.65. The Balaban J connectivity index is 0.00000171. The molecule has 13 heteroatoms. The van der Waals surface area contributed by atoms with Gasteiger partial charge >= 0.3 is 0 Å². The van der Waals surface area contributed by atoms with Crippen LogP contribution in [0.15, 0.2) is 12.1 Å². The molecule has 3 N–H and O–H groups in total. The number of nitrogens with zero attached hydrogens (tertiary/aromatic N) is 4. The summed E-state index contributed by atoms with van der Waals surface area (Å²) in [5.41, 5.74) is 1.25. The molecule has 0 unspecified atom stereocenters. The van der Waals surface area contributed by atoms with Crippen molar-refractivity contribution >= 4 is 52.8 Å². The molecule has 35 heavy (non-hydrogen) atoms. The molecule has 1 spiro atoms. The number of aliphatic hydroxyl groups is 1. The third-order valence-electron chi connectivity index (χ3n) is 7.12. The molecule has 0 amide bonds. The molecule has 0 radical (unpaired) electrons. The van der Waals surface area contributed by atoms with E-state index in [-0.39, 0.29) is 64.8 Å². The lowest BCUT2D eigenvalue weighted by atomic mass is 9.77. The fourth-order valence-electron chi connectivity index (χ4n) is 5.32. The summed E-state index contributed by atoms with van der Waals surface area (Å²) in [4.78, 5) is 13.4. The van der Waals surface area contributed by atoms with Gasteiger partial charge in [0.05, 0.1) is 34.4 Å². The van der Waals surface area contributed by atoms with Crippen LogP contribution in [0.2, 0.25) is 5.02 Å². The van der Waals surface area contributed by atoms with Gasteiger partial charge in [0, 0.05) is 31.7 Å². The van der Waals surface area contributed by atoms with E-state index >= 15 is 0 Å². The molecule has 2 aromatic rings. The van der Waals surface area contributed by atoms with Gasteiger partial charge in [0.2, 0.25) is 0 Å². The predicted molar refractivity (Wildman–Crippen MR) is 139 cm³/mol. The van der Waals surface area contributed by atoms with E-state index in [2.05, 4.69) is 19.8 Å². The van der Waals surface area contributed by atoms with E-state index in [0.29, 0.717) is 23.6 Å². The Kier molecular flexibility index (Phi) is 8.81. The molecule has 1 aromatic heterocycles. The first-order chi connectivity index (χ1) is 15.7. The quantitative estimate of drug-likeness (QED) is 0.445. The number of likely N-dealkylation sites (tertiary alicyclic amines) is 1. The Morgan fingerprint density at radius 3 is 2.37 bits per heavy atom. The van der Waals surface area contributed by atoms with Crippen LogP contribution in [0.3, 0.4) is 0 Å². The van der Waals surface area contributed by atoms with Crippen molar-refractivity contribution in [3.05, 3.63) is 40.0 Å². The first kappa shape index (κ1) is 28.6. The van der Waals surface area contributed by atoms with Gasteiger partial charge in [0.15, 0.2) is 5.82 Å². The SMILES string of the molecule is Cl.Cl.OCCN1CCC2(CCN(c3nc(-c4cc(F)c(Cl)cc4F)nc4c3CS(O)(O)C4)CC2)C1. The van der Waals surface area contributed by atoms with Gasteiger partial charge in [0.25, 0.3) is 0 Å². The second-order valence-corrected chi connectivity index (χ2v) is 12.0. The lowest BCUT2D eigenvalue weighted by molar-refractivity contribution is 0.181. The summed E-state index contributed by atoms with van der Waals surface area (Å²) in [5, 5.41) is 8.93. The maximum atomic E-state index is 14.6. The van der Waals surface area contributed by atoms with Crippen LogP contribution in [0, 0.1) is 17.0 Å². The van der Waals surface area contributed by atoms with Crippen LogP contribution < -0.4 is 4.90 Å². The zero-order valence-corrected chi connectivity index (χ0v) is 22.1. The largest absolute Gasteiger partial charge is 0.395 e. The minimum absolute atomic E-state index is 0. The molecular weight excluding hydrogens is 545 g/mol. The number of hydrogen-bond donors (Lipinski definition) is 3. The number of fused-ring (bicyclic) bond motifs is 1. The van der Waals surface area contributed by atoms with Crippen molar-refractivity contribution < 1.29 is 23.0 Å². The number of rotatable bonds is 4. The minimum atomic E-state index is -2.87. The minimum Gasteiger partial charge on any atom is -0.395 e. The first-order valence-electron chi connectivity index (χ1n) is 11.1. The molecule has 1 aromatic carbocycles. The zero-order chi connectivity index (χ0) is 23.4. The van der Waals surface area contributed by atoms with Crippen molar-refractivity contribution in [2.75, 3.05) is 44.2 Å². The number of anilines is 1. The molecule has 3 aliphatic rings. The Hall–Kier alpha value is -0.980. The van der Waals surface area contributed by atoms with Crippen molar-refractivity contribution in [1.82, 2.24) is 14.9 Å². The number of aromatic nitrogens is 2. The Bertz CT molecular complexity index is 1090. The van der Waals surface area contributed by atoms with Crippen LogP contribution in [0.1, 0.15) is 30.5 Å². The smallest absolute Gasteiger partial charge is 0.164 e. The van der Waals surface area contributed by atoms with Crippen LogP contribution in [-0.2, 0) is 11.5 Å². The molecule has 0 aliphatic carbocycles. The zero-order valence-electron chi connectivity index (χ0n) is 18.9. The Morgan fingerprint density at radius 2 is 1.69 bits per heavy atom. The van der Waals surface area contributed by atoms with E-state index in [9.17, 15) is 23.0 Å². The standard InChI is InChI=1S/C22H27ClF2N4O3S.2ClH/c23-16-10-17(24)14(9-18(16)25)20-26-19-12-33(31,32)11-15(19)21(27-20)29-5-2-22(3-6-29)1-4-28(13-22)7-8-30;;/h9-10,30-32H,1-8,11-13H2;2*1H. The average Bonchev–Trinajstić information content (AvgIpc) is 3.29. The summed E-state index contributed by atoms with van der Waals surface area (Å²) in [7, 11) is -2.87. The number of aliphatic hydroxyl groups excluding tert-OH is 1. The molecule has 0 bridgehead atoms. The second kappa shape index (κ2) is 10.8. The normalized spacial score (nSPS) is 21.4. The monoisotopic (exact) mass is 572 g/mol. The van der Waals surface area contributed by atoms with E-state index in [1.165, 1.54) is 0 Å². The van der Waals surface area contributed by atoms with E-state index in [4.69, 9.17) is 11.6 Å². The van der Waals surface area contributed by atoms with Crippen LogP contribution >= 0.6 is 47.0 Å². The van der Waals surface area contributed by atoms with E-state index in [0.717, 1.165) is 57.6 Å². The van der Waals surface area contributed by atoms with Gasteiger partial charge in [-0.25, -0.2) is 18.7 Å². The highest BCUT2D eigenvalue weighted by Gasteiger charge is 2.42. The van der Waals surface area contributed by atoms with Crippen molar-refractivity contribution in [3.8, 4) is 11.4 Å². The number of hydrogen-bond acceptors (Lipinski definition) is 7. The van der Waals surface area contributed by atoms with Gasteiger partial charge in [-0.2, -0.15) is 10.6 Å². The van der Waals surface area contributed by atoms with Gasteiger partial charge < -0.3 is 14.9 Å². The van der Waals surface area contributed by atoms with Gasteiger partial charge in [-0.05, 0) is 43.4 Å². The maximum Gasteiger partial charge on any atom is 0.164 e. The lowest BCUT2D eigenvalue weighted by Gasteiger charge is -2.40. The van der Waals surface area contributed by atoms with Crippen molar-refractivity contribution in [2.24, 2.45) is 5.41 Å². The molecule has 5 rings (SSSR count). The summed E-state index contributed by atoms with van der Waals surface area (Å²) in [6.45, 7) is 4.25. The van der Waals surface area contributed by atoms with Crippen LogP contribution in [0.25, 0.3) is 11.4 Å². The fourth-order valence-corrected chi connectivity index (χ4v) is 7.01. The van der Waals surface area contributed by atoms with E-state index in [1.54, 1.807) is 0 Å². The highest BCUT2D eigenvalue weighted by atomic mass is 35.5. The molecule has 0 saturated carbocycles. The molecular formula is C22H29Cl3F2N4O3S. The Morgan fingerprint density at radius 1 is 1.00 bits per heavy atom. The maximum absolute atomic E-state index is 14.6. The van der Waals surface area contributed by atoms with Gasteiger partial charge in [-0.3, -0.25) is 9.11 Å². The molecule has 3 aliphatic heterocycles. The average molecular weight is 574 g/mol. The molecule has 2 saturated heterocycles. The van der Waals surface area contributed by atoms with Crippen molar-refractivity contribution in [2.45, 2.75) is 30.8 Å². The lowest BCUT2D eigenvalue weighted by Crippen LogP contribution is -2.42. The molecule has 0 atom stereocenters. The van der Waals surface area contributed by atoms with Crippen molar-refractivity contribution in [1.29, 1.82) is 0 Å². The highest BCUT2D eigenvalue weighted by Crippen LogP contribution is 2.54. The number of β-amino-alcohol motifs (C(OH)–C–C–N with tert-alkyl or cyclic N) is 1. The summed E-state index contributed by atoms with van der Waals surface area (Å²) >= 11 is 5.70. The summed E-state index contributed by atoms with van der Waals surface area (Å²) in [5.74, 6) is -0.856. The van der Waals surface area contributed by atoms with Gasteiger partial charge in [0.1, 0.15) is 17.5 Å². The van der Waals surface area contributed by atoms with E-state index in [1.807, 2.05) is 0 Å². The fraction of sp³-hybridized carbons (Fsp3) is 0.545. The molecule has 7 nitrogen and oxygen atoms in total. The summed E-state index contributed by atoms with van der Waals surface area (Å²) < 4.78 is 49.4. The molecule has 2 fully saturated rings. The first-order valence-corrected chi connectivity index (χ1v) is 13.3. The van der Waals surface area contributed by atoms with Crippen LogP contribution in [0.4, 0.5) is 14.6 Å². The van der Waals surface area contributed by atoms with E-state index < -0.39 is 22.2 Å².